The number of halogens is 4. The fourth-order valence-corrected chi connectivity index (χ4v) is 4.39. The lowest BCUT2D eigenvalue weighted by molar-refractivity contribution is -0.127. The van der Waals surface area contributed by atoms with E-state index in [4.69, 9.17) is 4.74 Å². The van der Waals surface area contributed by atoms with Gasteiger partial charge in [0, 0.05) is 25.4 Å². The van der Waals surface area contributed by atoms with Crippen LogP contribution in [0.3, 0.4) is 0 Å². The van der Waals surface area contributed by atoms with Crippen LogP contribution in [0.15, 0.2) is 42.5 Å². The van der Waals surface area contributed by atoms with E-state index >= 15 is 0 Å². The Bertz CT molecular complexity index is 1060. The van der Waals surface area contributed by atoms with Crippen LogP contribution in [0.25, 0.3) is 0 Å². The number of ether oxygens (including phenoxy) is 1. The number of hydrogen-bond acceptors (Lipinski definition) is 4. The first kappa shape index (κ1) is 24.0. The van der Waals surface area contributed by atoms with Gasteiger partial charge in [0.1, 0.15) is 24.1 Å². The van der Waals surface area contributed by atoms with Gasteiger partial charge in [-0.3, -0.25) is 9.69 Å². The van der Waals surface area contributed by atoms with Gasteiger partial charge in [-0.05, 0) is 24.6 Å². The van der Waals surface area contributed by atoms with E-state index in [0.717, 1.165) is 17.0 Å². The Morgan fingerprint density at radius 1 is 1.21 bits per heavy atom. The molecule has 0 aromatic heterocycles. The van der Waals surface area contributed by atoms with Crippen LogP contribution in [0, 0.1) is 11.6 Å². The molecule has 34 heavy (non-hydrogen) atoms. The Morgan fingerprint density at radius 3 is 2.65 bits per heavy atom. The molecule has 2 aromatic carbocycles. The highest BCUT2D eigenvalue weighted by Crippen LogP contribution is 2.31. The maximum absolute atomic E-state index is 14.4. The van der Waals surface area contributed by atoms with Gasteiger partial charge in [-0.1, -0.05) is 30.3 Å². The number of rotatable bonds is 6. The summed E-state index contributed by atoms with van der Waals surface area (Å²) in [6.07, 6.45) is -3.91. The van der Waals surface area contributed by atoms with Crippen molar-refractivity contribution in [3.8, 4) is 5.75 Å². The smallest absolute Gasteiger partial charge is 0.410 e. The highest BCUT2D eigenvalue weighted by molar-refractivity contribution is 5.87. The summed E-state index contributed by atoms with van der Waals surface area (Å²) in [4.78, 5) is 27.1. The molecule has 10 heteroatoms. The average Bonchev–Trinajstić information content (AvgIpc) is 2.80. The van der Waals surface area contributed by atoms with Crippen LogP contribution in [0.2, 0.25) is 0 Å². The first-order valence-electron chi connectivity index (χ1n) is 11.1. The first-order chi connectivity index (χ1) is 16.2. The SMILES string of the molecule is C[C@H](NC(=O)[C@@H](Cc1ccccc1)N1Cc2c(ccc(F)c2F)OC1=O)C1NCC(F)CC1F. The van der Waals surface area contributed by atoms with Crippen molar-refractivity contribution in [2.24, 2.45) is 0 Å². The molecule has 0 aliphatic carbocycles. The summed E-state index contributed by atoms with van der Waals surface area (Å²) in [7, 11) is 0. The van der Waals surface area contributed by atoms with Crippen molar-refractivity contribution in [1.29, 1.82) is 0 Å². The van der Waals surface area contributed by atoms with Crippen LogP contribution < -0.4 is 15.4 Å². The molecular weight excluding hydrogens is 454 g/mol. The first-order valence-corrected chi connectivity index (χ1v) is 11.1. The number of nitrogens with zero attached hydrogens (tertiary/aromatic N) is 1. The summed E-state index contributed by atoms with van der Waals surface area (Å²) in [5, 5.41) is 5.47. The van der Waals surface area contributed by atoms with Gasteiger partial charge in [0.15, 0.2) is 11.6 Å². The minimum absolute atomic E-state index is 0.0290. The van der Waals surface area contributed by atoms with Crippen molar-refractivity contribution in [2.45, 2.75) is 56.8 Å². The molecule has 5 atom stereocenters. The van der Waals surface area contributed by atoms with Gasteiger partial charge in [-0.2, -0.15) is 0 Å². The Hall–Kier alpha value is -3.14. The zero-order valence-corrected chi connectivity index (χ0v) is 18.4. The standard InChI is InChI=1S/C24H25F4N3O3/c1-13(22-18(27)10-15(25)11-29-22)30-23(32)19(9-14-5-3-2-4-6-14)31-12-16-20(34-24(31)33)8-7-17(26)21(16)28/h2-8,13,15,18-19,22,29H,9-12H2,1H3,(H,30,32)/t13-,15?,18?,19+,22?/m0/s1. The summed E-state index contributed by atoms with van der Waals surface area (Å²) in [5.41, 5.74) is 0.540. The van der Waals surface area contributed by atoms with Crippen LogP contribution in [-0.4, -0.2) is 53.9 Å². The summed E-state index contributed by atoms with van der Waals surface area (Å²) in [5.74, 6) is -2.99. The largest absolute Gasteiger partial charge is 0.416 e. The number of alkyl halides is 2. The monoisotopic (exact) mass is 479 g/mol. The van der Waals surface area contributed by atoms with E-state index in [1.165, 1.54) is 0 Å². The summed E-state index contributed by atoms with van der Waals surface area (Å²) >= 11 is 0. The van der Waals surface area contributed by atoms with E-state index in [2.05, 4.69) is 10.6 Å². The Morgan fingerprint density at radius 2 is 1.94 bits per heavy atom. The molecule has 182 valence electrons. The number of carbonyl (C=O) groups excluding carboxylic acids is 2. The van der Waals surface area contributed by atoms with Gasteiger partial charge in [0.05, 0.1) is 18.2 Å². The summed E-state index contributed by atoms with van der Waals surface area (Å²) < 4.78 is 61.3. The number of carbonyl (C=O) groups is 2. The fourth-order valence-electron chi connectivity index (χ4n) is 4.39. The second-order valence-electron chi connectivity index (χ2n) is 8.62. The molecule has 2 aliphatic rings. The molecule has 0 radical (unpaired) electrons. The van der Waals surface area contributed by atoms with Crippen LogP contribution in [0.1, 0.15) is 24.5 Å². The molecule has 4 rings (SSSR count). The lowest BCUT2D eigenvalue weighted by atomic mass is 9.95. The third-order valence-electron chi connectivity index (χ3n) is 6.22. The van der Waals surface area contributed by atoms with Gasteiger partial charge >= 0.3 is 6.09 Å². The fraction of sp³-hybridized carbons (Fsp3) is 0.417. The van der Waals surface area contributed by atoms with Crippen molar-refractivity contribution in [1.82, 2.24) is 15.5 Å². The number of fused-ring (bicyclic) bond motifs is 1. The molecule has 0 spiro atoms. The van der Waals surface area contributed by atoms with E-state index < -0.39 is 54.1 Å². The number of hydrogen-bond donors (Lipinski definition) is 2. The Balaban J connectivity index is 1.58. The summed E-state index contributed by atoms with van der Waals surface area (Å²) in [6, 6.07) is 8.17. The predicted molar refractivity (Wildman–Crippen MR) is 116 cm³/mol. The molecule has 0 bridgehead atoms. The van der Waals surface area contributed by atoms with E-state index in [1.807, 2.05) is 0 Å². The predicted octanol–water partition coefficient (Wildman–Crippen LogP) is 3.43. The van der Waals surface area contributed by atoms with Crippen LogP contribution >= 0.6 is 0 Å². The highest BCUT2D eigenvalue weighted by Gasteiger charge is 2.39. The van der Waals surface area contributed by atoms with E-state index in [0.29, 0.717) is 5.56 Å². The maximum atomic E-state index is 14.4. The van der Waals surface area contributed by atoms with Crippen molar-refractivity contribution in [3.05, 3.63) is 65.2 Å². The number of piperidine rings is 1. The Labute approximate surface area is 194 Å². The van der Waals surface area contributed by atoms with Gasteiger partial charge in [0.2, 0.25) is 5.91 Å². The molecule has 6 nitrogen and oxygen atoms in total. The number of nitrogens with one attached hydrogen (secondary N) is 2. The molecule has 2 heterocycles. The molecule has 2 aromatic rings. The average molecular weight is 479 g/mol. The van der Waals surface area contributed by atoms with E-state index in [-0.39, 0.29) is 37.2 Å². The van der Waals surface area contributed by atoms with Gasteiger partial charge < -0.3 is 15.4 Å². The molecule has 0 saturated carbocycles. The topological polar surface area (TPSA) is 70.7 Å². The zero-order chi connectivity index (χ0) is 24.4. The molecule has 3 unspecified atom stereocenters. The lowest BCUT2D eigenvalue weighted by Gasteiger charge is -2.37. The molecular formula is C24H25F4N3O3. The molecule has 1 saturated heterocycles. The van der Waals surface area contributed by atoms with E-state index in [1.54, 1.807) is 37.3 Å². The number of benzene rings is 2. The number of amides is 2. The third-order valence-corrected chi connectivity index (χ3v) is 6.22. The zero-order valence-electron chi connectivity index (χ0n) is 18.4. The maximum Gasteiger partial charge on any atom is 0.416 e. The molecule has 2 N–H and O–H groups in total. The summed E-state index contributed by atoms with van der Waals surface area (Å²) in [6.45, 7) is 1.17. The van der Waals surface area contributed by atoms with Crippen molar-refractivity contribution in [3.63, 3.8) is 0 Å². The van der Waals surface area contributed by atoms with Crippen LogP contribution in [0.4, 0.5) is 22.4 Å². The molecule has 1 fully saturated rings. The quantitative estimate of drug-likeness (QED) is 0.623. The minimum Gasteiger partial charge on any atom is -0.410 e. The Kier molecular flexibility index (Phi) is 7.06. The van der Waals surface area contributed by atoms with Crippen molar-refractivity contribution < 1.29 is 31.9 Å². The van der Waals surface area contributed by atoms with Crippen LogP contribution in [-0.2, 0) is 17.8 Å². The minimum atomic E-state index is -1.50. The third kappa shape index (κ3) is 5.01. The lowest BCUT2D eigenvalue weighted by Crippen LogP contribution is -2.61. The van der Waals surface area contributed by atoms with Crippen molar-refractivity contribution >= 4 is 12.0 Å². The second-order valence-corrected chi connectivity index (χ2v) is 8.62. The van der Waals surface area contributed by atoms with Gasteiger partial charge in [-0.15, -0.1) is 0 Å². The van der Waals surface area contributed by atoms with E-state index in [9.17, 15) is 27.2 Å². The molecule has 2 amide bonds. The molecule has 2 aliphatic heterocycles. The normalized spacial score (nSPS) is 24.1. The van der Waals surface area contributed by atoms with Crippen molar-refractivity contribution in [2.75, 3.05) is 6.54 Å². The highest BCUT2D eigenvalue weighted by atomic mass is 19.2. The van der Waals surface area contributed by atoms with Gasteiger partial charge in [0.25, 0.3) is 0 Å². The van der Waals surface area contributed by atoms with Crippen LogP contribution in [0.5, 0.6) is 5.75 Å². The second kappa shape index (κ2) is 10.0. The van der Waals surface area contributed by atoms with Gasteiger partial charge in [-0.25, -0.2) is 22.4 Å².